The van der Waals surface area contributed by atoms with E-state index in [4.69, 9.17) is 0 Å². The Hall–Kier alpha value is -1.14. The lowest BCUT2D eigenvalue weighted by molar-refractivity contribution is 0.206. The van der Waals surface area contributed by atoms with Gasteiger partial charge in [-0.05, 0) is 36.3 Å². The van der Waals surface area contributed by atoms with Gasteiger partial charge in [0.25, 0.3) is 0 Å². The van der Waals surface area contributed by atoms with Gasteiger partial charge in [0.2, 0.25) is 0 Å². The van der Waals surface area contributed by atoms with E-state index in [0.29, 0.717) is 18.0 Å². The third-order valence-electron chi connectivity index (χ3n) is 3.38. The first-order chi connectivity index (χ1) is 9.58. The highest BCUT2D eigenvalue weighted by Gasteiger charge is 2.18. The molecule has 2 aromatic rings. The van der Waals surface area contributed by atoms with Crippen molar-refractivity contribution in [2.75, 3.05) is 0 Å². The van der Waals surface area contributed by atoms with Gasteiger partial charge in [-0.15, -0.1) is 11.3 Å². The lowest BCUT2D eigenvalue weighted by Crippen LogP contribution is -2.37. The molecule has 0 saturated heterocycles. The van der Waals surface area contributed by atoms with E-state index in [1.54, 1.807) is 17.4 Å². The van der Waals surface area contributed by atoms with Crippen LogP contribution in [0.1, 0.15) is 24.3 Å². The Morgan fingerprint density at radius 1 is 1.10 bits per heavy atom. The van der Waals surface area contributed by atoms with Crippen molar-refractivity contribution in [3.8, 4) is 0 Å². The molecule has 1 aromatic heterocycles. The maximum Gasteiger partial charge on any atom is 0.488 e. The second kappa shape index (κ2) is 7.04. The first-order valence-corrected chi connectivity index (χ1v) is 7.66. The van der Waals surface area contributed by atoms with Crippen LogP contribution < -0.4 is 5.46 Å². The Morgan fingerprint density at radius 3 is 2.45 bits per heavy atom. The Bertz CT molecular complexity index is 528. The first-order valence-electron chi connectivity index (χ1n) is 6.78. The van der Waals surface area contributed by atoms with Crippen LogP contribution in [0.3, 0.4) is 0 Å². The van der Waals surface area contributed by atoms with E-state index in [1.807, 2.05) is 18.2 Å². The van der Waals surface area contributed by atoms with Crippen LogP contribution in [-0.4, -0.2) is 28.1 Å². The van der Waals surface area contributed by atoms with Crippen LogP contribution in [0.25, 0.3) is 0 Å². The van der Waals surface area contributed by atoms with Gasteiger partial charge in [0.15, 0.2) is 0 Å². The number of benzene rings is 1. The SMILES string of the molecule is CC(C)N(Cc1cccs1)Cc1ccccc1B(O)O. The van der Waals surface area contributed by atoms with Crippen molar-refractivity contribution in [3.63, 3.8) is 0 Å². The van der Waals surface area contributed by atoms with Crippen LogP contribution in [0, 0.1) is 0 Å². The lowest BCUT2D eigenvalue weighted by Gasteiger charge is -2.27. The van der Waals surface area contributed by atoms with Crippen LogP contribution in [0.2, 0.25) is 0 Å². The predicted octanol–water partition coefficient (Wildman–Crippen LogP) is 1.84. The second-order valence-electron chi connectivity index (χ2n) is 5.15. The van der Waals surface area contributed by atoms with Crippen molar-refractivity contribution < 1.29 is 10.0 Å². The molecule has 0 unspecified atom stereocenters. The molecule has 2 N–H and O–H groups in total. The van der Waals surface area contributed by atoms with Gasteiger partial charge < -0.3 is 10.0 Å². The van der Waals surface area contributed by atoms with Gasteiger partial charge in [0.1, 0.15) is 0 Å². The molecule has 1 heterocycles. The molecular weight excluding hydrogens is 269 g/mol. The maximum atomic E-state index is 9.45. The van der Waals surface area contributed by atoms with Crippen LogP contribution in [0.4, 0.5) is 0 Å². The normalized spacial score (nSPS) is 11.3. The molecule has 0 saturated carbocycles. The summed E-state index contributed by atoms with van der Waals surface area (Å²) in [6, 6.07) is 12.1. The molecule has 20 heavy (non-hydrogen) atoms. The predicted molar refractivity (Wildman–Crippen MR) is 85.0 cm³/mol. The fourth-order valence-electron chi connectivity index (χ4n) is 2.17. The van der Waals surface area contributed by atoms with Gasteiger partial charge in [0, 0.05) is 24.0 Å². The quantitative estimate of drug-likeness (QED) is 0.798. The Morgan fingerprint density at radius 2 is 1.85 bits per heavy atom. The molecule has 3 nitrogen and oxygen atoms in total. The third-order valence-corrected chi connectivity index (χ3v) is 4.24. The van der Waals surface area contributed by atoms with Crippen LogP contribution >= 0.6 is 11.3 Å². The Balaban J connectivity index is 2.16. The van der Waals surface area contributed by atoms with Crippen molar-refractivity contribution in [1.82, 2.24) is 4.90 Å². The van der Waals surface area contributed by atoms with Gasteiger partial charge in [-0.3, -0.25) is 4.90 Å². The summed E-state index contributed by atoms with van der Waals surface area (Å²) in [5.74, 6) is 0. The van der Waals surface area contributed by atoms with Crippen molar-refractivity contribution in [1.29, 1.82) is 0 Å². The van der Waals surface area contributed by atoms with E-state index >= 15 is 0 Å². The second-order valence-corrected chi connectivity index (χ2v) is 6.18. The maximum absolute atomic E-state index is 9.45. The largest absolute Gasteiger partial charge is 0.488 e. The lowest BCUT2D eigenvalue weighted by atomic mass is 9.77. The van der Waals surface area contributed by atoms with Gasteiger partial charge in [0.05, 0.1) is 0 Å². The summed E-state index contributed by atoms with van der Waals surface area (Å²) < 4.78 is 0. The molecule has 0 aliphatic heterocycles. The van der Waals surface area contributed by atoms with Crippen molar-refractivity contribution in [3.05, 3.63) is 52.2 Å². The molecule has 0 bridgehead atoms. The van der Waals surface area contributed by atoms with Crippen molar-refractivity contribution in [2.45, 2.75) is 33.0 Å². The van der Waals surface area contributed by atoms with Crippen molar-refractivity contribution in [2.24, 2.45) is 0 Å². The van der Waals surface area contributed by atoms with Crippen LogP contribution in [0.15, 0.2) is 41.8 Å². The standard InChI is InChI=1S/C15H20BNO2S/c1-12(2)17(11-14-7-5-9-20-14)10-13-6-3-4-8-15(13)16(18)19/h3-9,12,18-19H,10-11H2,1-2H3. The molecule has 2 rings (SSSR count). The highest BCUT2D eigenvalue weighted by molar-refractivity contribution is 7.09. The van der Waals surface area contributed by atoms with Gasteiger partial charge in [-0.25, -0.2) is 0 Å². The molecule has 0 amide bonds. The molecule has 0 spiro atoms. The van der Waals surface area contributed by atoms with E-state index in [2.05, 4.69) is 36.3 Å². The fraction of sp³-hybridized carbons (Fsp3) is 0.333. The number of hydrogen-bond acceptors (Lipinski definition) is 4. The number of hydrogen-bond donors (Lipinski definition) is 2. The average molecular weight is 289 g/mol. The molecule has 0 radical (unpaired) electrons. The van der Waals surface area contributed by atoms with Gasteiger partial charge in [-0.2, -0.15) is 0 Å². The minimum atomic E-state index is -1.41. The highest BCUT2D eigenvalue weighted by Crippen LogP contribution is 2.16. The minimum absolute atomic E-state index is 0.390. The average Bonchev–Trinajstić information content (AvgIpc) is 2.91. The van der Waals surface area contributed by atoms with Crippen LogP contribution in [-0.2, 0) is 13.1 Å². The molecule has 0 fully saturated rings. The minimum Gasteiger partial charge on any atom is -0.423 e. The zero-order valence-electron chi connectivity index (χ0n) is 11.9. The summed E-state index contributed by atoms with van der Waals surface area (Å²) >= 11 is 1.75. The molecule has 106 valence electrons. The zero-order chi connectivity index (χ0) is 14.5. The molecule has 0 aliphatic carbocycles. The summed E-state index contributed by atoms with van der Waals surface area (Å²) in [4.78, 5) is 3.65. The molecular formula is C15H20BNO2S. The topological polar surface area (TPSA) is 43.7 Å². The van der Waals surface area contributed by atoms with Crippen LogP contribution in [0.5, 0.6) is 0 Å². The Labute approximate surface area is 124 Å². The number of thiophene rings is 1. The highest BCUT2D eigenvalue weighted by atomic mass is 32.1. The monoisotopic (exact) mass is 289 g/mol. The molecule has 0 aliphatic rings. The summed E-state index contributed by atoms with van der Waals surface area (Å²) in [5, 5.41) is 21.0. The van der Waals surface area contributed by atoms with E-state index < -0.39 is 7.12 Å². The Kier molecular flexibility index (Phi) is 5.37. The zero-order valence-corrected chi connectivity index (χ0v) is 12.7. The number of nitrogens with zero attached hydrogens (tertiary/aromatic N) is 1. The van der Waals surface area contributed by atoms with E-state index in [9.17, 15) is 10.0 Å². The molecule has 1 aromatic carbocycles. The first kappa shape index (κ1) is 15.3. The summed E-state index contributed by atoms with van der Waals surface area (Å²) in [6.07, 6.45) is 0. The van der Waals surface area contributed by atoms with Gasteiger partial charge >= 0.3 is 7.12 Å². The van der Waals surface area contributed by atoms with E-state index in [1.165, 1.54) is 4.88 Å². The number of rotatable bonds is 6. The van der Waals surface area contributed by atoms with E-state index in [0.717, 1.165) is 12.1 Å². The van der Waals surface area contributed by atoms with Crippen molar-refractivity contribution >= 4 is 23.9 Å². The smallest absolute Gasteiger partial charge is 0.423 e. The summed E-state index contributed by atoms with van der Waals surface area (Å²) in [5.41, 5.74) is 1.55. The van der Waals surface area contributed by atoms with E-state index in [-0.39, 0.29) is 0 Å². The fourth-order valence-corrected chi connectivity index (χ4v) is 2.90. The van der Waals surface area contributed by atoms with Gasteiger partial charge in [-0.1, -0.05) is 30.3 Å². The summed E-state index contributed by atoms with van der Waals surface area (Å²) in [6.45, 7) is 5.91. The molecule has 0 atom stereocenters. The summed E-state index contributed by atoms with van der Waals surface area (Å²) in [7, 11) is -1.41. The molecule has 5 heteroatoms. The third kappa shape index (κ3) is 3.93.